The van der Waals surface area contributed by atoms with Crippen LogP contribution in [0.5, 0.6) is 11.5 Å². The van der Waals surface area contributed by atoms with Crippen molar-refractivity contribution in [3.63, 3.8) is 0 Å². The van der Waals surface area contributed by atoms with Gasteiger partial charge in [-0.1, -0.05) is 30.3 Å². The van der Waals surface area contributed by atoms with Crippen LogP contribution >= 0.6 is 0 Å². The van der Waals surface area contributed by atoms with Gasteiger partial charge >= 0.3 is 0 Å². The first kappa shape index (κ1) is 30.2. The highest BCUT2D eigenvalue weighted by Gasteiger charge is 2.27. The molecule has 1 saturated heterocycles. The maximum Gasteiger partial charge on any atom is 0.165 e. The van der Waals surface area contributed by atoms with Gasteiger partial charge in [0.05, 0.1) is 38.2 Å². The van der Waals surface area contributed by atoms with Crippen LogP contribution in [0, 0.1) is 11.6 Å². The van der Waals surface area contributed by atoms with E-state index in [2.05, 4.69) is 52.7 Å². The summed E-state index contributed by atoms with van der Waals surface area (Å²) < 4.78 is 55.6. The minimum Gasteiger partial charge on any atom is -0.490 e. The van der Waals surface area contributed by atoms with E-state index in [1.807, 2.05) is 0 Å². The summed E-state index contributed by atoms with van der Waals surface area (Å²) in [6, 6.07) is 17.9. The third-order valence-corrected chi connectivity index (χ3v) is 7.70. The SMILES string of the molecule is COCCCN1CCOc2ccc(CO[C@H]3CNCCC3c3ccc(COCCOc4cc(F)ccc4F)cc3)cc21. The summed E-state index contributed by atoms with van der Waals surface area (Å²) in [5.41, 5.74) is 4.55. The van der Waals surface area contributed by atoms with Gasteiger partial charge in [-0.25, -0.2) is 8.78 Å². The molecule has 0 spiro atoms. The molecule has 0 saturated carbocycles. The van der Waals surface area contributed by atoms with Gasteiger partial charge in [0.25, 0.3) is 0 Å². The summed E-state index contributed by atoms with van der Waals surface area (Å²) >= 11 is 0. The number of anilines is 1. The van der Waals surface area contributed by atoms with Crippen molar-refractivity contribution in [2.24, 2.45) is 0 Å². The molecular formula is C33H40F2N2O5. The highest BCUT2D eigenvalue weighted by molar-refractivity contribution is 5.61. The maximum atomic E-state index is 13.7. The third-order valence-electron chi connectivity index (χ3n) is 7.70. The topological polar surface area (TPSA) is 61.4 Å². The number of halogens is 2. The van der Waals surface area contributed by atoms with Gasteiger partial charge in [0, 0.05) is 38.8 Å². The average molecular weight is 583 g/mol. The zero-order chi connectivity index (χ0) is 29.1. The van der Waals surface area contributed by atoms with Crippen molar-refractivity contribution in [1.82, 2.24) is 5.32 Å². The van der Waals surface area contributed by atoms with E-state index in [-0.39, 0.29) is 25.1 Å². The molecule has 2 aliphatic heterocycles. The van der Waals surface area contributed by atoms with E-state index in [0.717, 1.165) is 86.4 Å². The predicted molar refractivity (Wildman–Crippen MR) is 157 cm³/mol. The molecule has 9 heteroatoms. The van der Waals surface area contributed by atoms with Crippen molar-refractivity contribution in [2.75, 3.05) is 64.6 Å². The summed E-state index contributed by atoms with van der Waals surface area (Å²) in [5, 5.41) is 3.48. The van der Waals surface area contributed by atoms with Gasteiger partial charge in [0.1, 0.15) is 24.8 Å². The Kier molecular flexibility index (Phi) is 11.0. The lowest BCUT2D eigenvalue weighted by Gasteiger charge is -2.33. The number of nitrogens with one attached hydrogen (secondary N) is 1. The Morgan fingerprint density at radius 1 is 0.952 bits per heavy atom. The smallest absolute Gasteiger partial charge is 0.165 e. The average Bonchev–Trinajstić information content (AvgIpc) is 3.02. The van der Waals surface area contributed by atoms with Crippen LogP contribution in [0.4, 0.5) is 14.5 Å². The normalized spacial score (nSPS) is 18.4. The van der Waals surface area contributed by atoms with Crippen LogP contribution in [0.1, 0.15) is 35.4 Å². The molecule has 3 aromatic rings. The Bertz CT molecular complexity index is 1280. The molecule has 2 aliphatic rings. The maximum absolute atomic E-state index is 13.7. The highest BCUT2D eigenvalue weighted by atomic mass is 19.1. The Balaban J connectivity index is 1.11. The van der Waals surface area contributed by atoms with E-state index in [9.17, 15) is 8.78 Å². The number of nitrogens with zero attached hydrogens (tertiary/aromatic N) is 1. The Hall–Kier alpha value is -3.24. The van der Waals surface area contributed by atoms with Crippen molar-refractivity contribution in [1.29, 1.82) is 0 Å². The van der Waals surface area contributed by atoms with E-state index >= 15 is 0 Å². The lowest BCUT2D eigenvalue weighted by atomic mass is 9.87. The number of hydrogen-bond donors (Lipinski definition) is 1. The van der Waals surface area contributed by atoms with E-state index in [0.29, 0.717) is 25.7 Å². The summed E-state index contributed by atoms with van der Waals surface area (Å²) in [7, 11) is 1.74. The van der Waals surface area contributed by atoms with Gasteiger partial charge in [-0.2, -0.15) is 0 Å². The van der Waals surface area contributed by atoms with Crippen LogP contribution in [-0.2, 0) is 27.4 Å². The molecule has 226 valence electrons. The summed E-state index contributed by atoms with van der Waals surface area (Å²) in [6.45, 7) is 6.36. The first-order valence-electron chi connectivity index (χ1n) is 14.7. The molecule has 42 heavy (non-hydrogen) atoms. The van der Waals surface area contributed by atoms with Crippen LogP contribution < -0.4 is 19.7 Å². The Morgan fingerprint density at radius 3 is 2.67 bits per heavy atom. The van der Waals surface area contributed by atoms with Crippen molar-refractivity contribution >= 4 is 5.69 Å². The molecule has 5 rings (SSSR count). The van der Waals surface area contributed by atoms with Crippen LogP contribution in [0.2, 0.25) is 0 Å². The molecule has 2 atom stereocenters. The van der Waals surface area contributed by atoms with Gasteiger partial charge in [0.2, 0.25) is 0 Å². The number of rotatable bonds is 14. The number of benzene rings is 3. The fraction of sp³-hybridized carbons (Fsp3) is 0.455. The first-order valence-corrected chi connectivity index (χ1v) is 14.7. The van der Waals surface area contributed by atoms with Gasteiger partial charge in [0.15, 0.2) is 11.6 Å². The van der Waals surface area contributed by atoms with Crippen LogP contribution in [0.15, 0.2) is 60.7 Å². The molecule has 0 amide bonds. The molecule has 0 aromatic heterocycles. The number of ether oxygens (including phenoxy) is 5. The standard InChI is InChI=1S/C33H40F2N2O5/c1-38-15-2-13-37-14-16-40-31-10-5-25(19-30(31)37)23-42-33-21-36-12-11-28(33)26-6-3-24(4-7-26)22-39-17-18-41-32-20-27(34)8-9-29(32)35/h3-10,19-20,28,33,36H,2,11-18,21-23H2,1H3/t28?,33-/m0/s1. The minimum atomic E-state index is -0.593. The van der Waals surface area contributed by atoms with Crippen LogP contribution in [-0.4, -0.2) is 65.8 Å². The number of piperidine rings is 1. The molecule has 1 N–H and O–H groups in total. The molecule has 1 fully saturated rings. The van der Waals surface area contributed by atoms with Gasteiger partial charge in [-0.3, -0.25) is 0 Å². The first-order chi connectivity index (χ1) is 20.6. The molecule has 7 nitrogen and oxygen atoms in total. The highest BCUT2D eigenvalue weighted by Crippen LogP contribution is 2.34. The minimum absolute atomic E-state index is 0.0614. The fourth-order valence-electron chi connectivity index (χ4n) is 5.48. The largest absolute Gasteiger partial charge is 0.490 e. The fourth-order valence-corrected chi connectivity index (χ4v) is 5.48. The van der Waals surface area contributed by atoms with Crippen molar-refractivity contribution in [3.8, 4) is 11.5 Å². The van der Waals surface area contributed by atoms with E-state index < -0.39 is 11.6 Å². The predicted octanol–water partition coefficient (Wildman–Crippen LogP) is 5.46. The van der Waals surface area contributed by atoms with Crippen molar-refractivity contribution in [2.45, 2.75) is 38.1 Å². The Morgan fingerprint density at radius 2 is 1.81 bits per heavy atom. The Labute approximate surface area is 246 Å². The van der Waals surface area contributed by atoms with Crippen molar-refractivity contribution in [3.05, 3.63) is 89.0 Å². The van der Waals surface area contributed by atoms with E-state index in [1.54, 1.807) is 7.11 Å². The zero-order valence-corrected chi connectivity index (χ0v) is 24.2. The quantitative estimate of drug-likeness (QED) is 0.254. The number of hydrogen-bond acceptors (Lipinski definition) is 7. The zero-order valence-electron chi connectivity index (χ0n) is 24.2. The van der Waals surface area contributed by atoms with Gasteiger partial charge in [-0.05, 0) is 60.3 Å². The molecule has 2 heterocycles. The number of methoxy groups -OCH3 is 1. The van der Waals surface area contributed by atoms with Crippen LogP contribution in [0.3, 0.4) is 0 Å². The second-order valence-electron chi connectivity index (χ2n) is 10.7. The third kappa shape index (κ3) is 8.19. The second-order valence-corrected chi connectivity index (χ2v) is 10.7. The van der Waals surface area contributed by atoms with Gasteiger partial charge in [-0.15, -0.1) is 0 Å². The number of fused-ring (bicyclic) bond motifs is 1. The molecular weight excluding hydrogens is 542 g/mol. The molecule has 1 unspecified atom stereocenters. The van der Waals surface area contributed by atoms with Crippen molar-refractivity contribution < 1.29 is 32.5 Å². The van der Waals surface area contributed by atoms with Crippen LogP contribution in [0.25, 0.3) is 0 Å². The molecule has 0 radical (unpaired) electrons. The molecule has 0 bridgehead atoms. The lowest BCUT2D eigenvalue weighted by molar-refractivity contribution is 0.0106. The van der Waals surface area contributed by atoms with E-state index in [1.165, 1.54) is 5.56 Å². The molecule has 0 aliphatic carbocycles. The monoisotopic (exact) mass is 582 g/mol. The summed E-state index contributed by atoms with van der Waals surface area (Å²) in [6.07, 6.45) is 2.04. The van der Waals surface area contributed by atoms with Gasteiger partial charge < -0.3 is 33.9 Å². The second kappa shape index (κ2) is 15.3. The van der Waals surface area contributed by atoms with E-state index in [4.69, 9.17) is 23.7 Å². The summed E-state index contributed by atoms with van der Waals surface area (Å²) in [4.78, 5) is 2.37. The lowest BCUT2D eigenvalue weighted by Crippen LogP contribution is -2.41. The summed E-state index contributed by atoms with van der Waals surface area (Å²) in [5.74, 6) is -0.0191. The molecule has 3 aromatic carbocycles.